The minimum absolute atomic E-state index is 0.113. The predicted molar refractivity (Wildman–Crippen MR) is 63.6 cm³/mol. The lowest BCUT2D eigenvalue weighted by atomic mass is 9.90. The third-order valence-electron chi connectivity index (χ3n) is 2.96. The van der Waals surface area contributed by atoms with Crippen LogP contribution in [0.3, 0.4) is 0 Å². The van der Waals surface area contributed by atoms with Gasteiger partial charge in [0.25, 0.3) is 0 Å². The van der Waals surface area contributed by atoms with Crippen LogP contribution in [-0.2, 0) is 11.3 Å². The van der Waals surface area contributed by atoms with Crippen molar-refractivity contribution >= 4 is 0 Å². The van der Waals surface area contributed by atoms with E-state index in [0.29, 0.717) is 11.1 Å². The third-order valence-corrected chi connectivity index (χ3v) is 2.96. The first-order valence-electron chi connectivity index (χ1n) is 6.05. The lowest BCUT2D eigenvalue weighted by Gasteiger charge is -2.32. The van der Waals surface area contributed by atoms with Crippen LogP contribution < -0.4 is 10.5 Å². The number of hydrogen-bond acceptors (Lipinski definition) is 3. The zero-order chi connectivity index (χ0) is 14.0. The molecule has 0 radical (unpaired) electrons. The molecule has 19 heavy (non-hydrogen) atoms. The Kier molecular flexibility index (Phi) is 4.01. The Balaban J connectivity index is 1.96. The fourth-order valence-electron chi connectivity index (χ4n) is 2.06. The van der Waals surface area contributed by atoms with E-state index in [1.54, 1.807) is 13.0 Å². The Morgan fingerprint density at radius 3 is 2.53 bits per heavy atom. The van der Waals surface area contributed by atoms with Crippen molar-refractivity contribution in [3.05, 3.63) is 29.3 Å². The van der Waals surface area contributed by atoms with Gasteiger partial charge in [-0.3, -0.25) is 0 Å². The lowest BCUT2D eigenvalue weighted by molar-refractivity contribution is -0.274. The molecule has 1 saturated carbocycles. The molecule has 3 nitrogen and oxygen atoms in total. The summed E-state index contributed by atoms with van der Waals surface area (Å²) in [5.74, 6) is -0.212. The lowest BCUT2D eigenvalue weighted by Crippen LogP contribution is -2.41. The Morgan fingerprint density at radius 1 is 1.26 bits per heavy atom. The molecule has 6 heteroatoms. The third kappa shape index (κ3) is 4.40. The van der Waals surface area contributed by atoms with E-state index in [-0.39, 0.29) is 24.5 Å². The molecule has 0 atom stereocenters. The molecule has 2 N–H and O–H groups in total. The van der Waals surface area contributed by atoms with Gasteiger partial charge < -0.3 is 15.2 Å². The molecule has 1 fully saturated rings. The topological polar surface area (TPSA) is 44.5 Å². The number of ether oxygens (including phenoxy) is 2. The van der Waals surface area contributed by atoms with E-state index in [9.17, 15) is 13.2 Å². The van der Waals surface area contributed by atoms with E-state index < -0.39 is 6.36 Å². The van der Waals surface area contributed by atoms with Crippen molar-refractivity contribution < 1.29 is 22.6 Å². The second-order valence-corrected chi connectivity index (χ2v) is 4.87. The quantitative estimate of drug-likeness (QED) is 0.919. The second kappa shape index (κ2) is 5.38. The highest BCUT2D eigenvalue weighted by molar-refractivity contribution is 5.33. The molecule has 0 unspecified atom stereocenters. The van der Waals surface area contributed by atoms with Gasteiger partial charge in [-0.05, 0) is 43.0 Å². The minimum Gasteiger partial charge on any atom is -0.406 e. The summed E-state index contributed by atoms with van der Waals surface area (Å²) in [4.78, 5) is 0. The summed E-state index contributed by atoms with van der Waals surface area (Å²) in [6.45, 7) is 1.99. The first kappa shape index (κ1) is 14.1. The molecule has 0 heterocycles. The molecule has 2 rings (SSSR count). The van der Waals surface area contributed by atoms with Crippen LogP contribution in [0.25, 0.3) is 0 Å². The van der Waals surface area contributed by atoms with E-state index in [4.69, 9.17) is 10.5 Å². The maximum absolute atomic E-state index is 12.2. The molecule has 106 valence electrons. The van der Waals surface area contributed by atoms with Crippen molar-refractivity contribution in [2.75, 3.05) is 0 Å². The van der Waals surface area contributed by atoms with E-state index in [0.717, 1.165) is 12.8 Å². The van der Waals surface area contributed by atoms with Crippen molar-refractivity contribution in [2.45, 2.75) is 44.9 Å². The second-order valence-electron chi connectivity index (χ2n) is 4.87. The minimum atomic E-state index is -4.67. The van der Waals surface area contributed by atoms with Crippen molar-refractivity contribution in [3.8, 4) is 5.75 Å². The highest BCUT2D eigenvalue weighted by Crippen LogP contribution is 2.27. The zero-order valence-corrected chi connectivity index (χ0v) is 10.5. The fraction of sp³-hybridized carbons (Fsp3) is 0.538. The van der Waals surface area contributed by atoms with Crippen molar-refractivity contribution in [1.29, 1.82) is 0 Å². The van der Waals surface area contributed by atoms with Gasteiger partial charge in [0, 0.05) is 6.04 Å². The monoisotopic (exact) mass is 275 g/mol. The van der Waals surface area contributed by atoms with Crippen LogP contribution in [0.1, 0.15) is 24.0 Å². The smallest absolute Gasteiger partial charge is 0.406 e. The molecule has 1 aromatic rings. The average Bonchev–Trinajstić information content (AvgIpc) is 2.19. The van der Waals surface area contributed by atoms with Gasteiger partial charge in [0.05, 0.1) is 12.7 Å². The molecule has 0 amide bonds. The van der Waals surface area contributed by atoms with Gasteiger partial charge in [0.15, 0.2) is 0 Å². The van der Waals surface area contributed by atoms with Crippen LogP contribution in [-0.4, -0.2) is 18.5 Å². The van der Waals surface area contributed by atoms with Gasteiger partial charge in [0.1, 0.15) is 5.75 Å². The molecule has 1 aliphatic rings. The molecule has 0 spiro atoms. The van der Waals surface area contributed by atoms with Crippen LogP contribution in [0, 0.1) is 6.92 Å². The van der Waals surface area contributed by atoms with Crippen LogP contribution in [0.2, 0.25) is 0 Å². The van der Waals surface area contributed by atoms with Gasteiger partial charge in [-0.15, -0.1) is 13.2 Å². The SMILES string of the molecule is Cc1cc(COC2CC(N)C2)cc(OC(F)(F)F)c1. The Hall–Kier alpha value is -1.27. The van der Waals surface area contributed by atoms with Crippen LogP contribution in [0.4, 0.5) is 13.2 Å². The maximum Gasteiger partial charge on any atom is 0.573 e. The normalized spacial score (nSPS) is 23.0. The van der Waals surface area contributed by atoms with Crippen LogP contribution in [0.15, 0.2) is 18.2 Å². The number of alkyl halides is 3. The van der Waals surface area contributed by atoms with Gasteiger partial charge in [-0.25, -0.2) is 0 Å². The van der Waals surface area contributed by atoms with Crippen molar-refractivity contribution in [1.82, 2.24) is 0 Å². The van der Waals surface area contributed by atoms with Crippen LogP contribution in [0.5, 0.6) is 5.75 Å². The van der Waals surface area contributed by atoms with E-state index in [1.807, 2.05) is 0 Å². The number of halogens is 3. The molecule has 1 aliphatic carbocycles. The summed E-state index contributed by atoms with van der Waals surface area (Å²) in [7, 11) is 0. The molecule has 0 aromatic heterocycles. The highest BCUT2D eigenvalue weighted by Gasteiger charge is 2.31. The number of hydrogen-bond donors (Lipinski definition) is 1. The summed E-state index contributed by atoms with van der Waals surface area (Å²) in [5, 5.41) is 0. The van der Waals surface area contributed by atoms with Crippen LogP contribution >= 0.6 is 0 Å². The molecular weight excluding hydrogens is 259 g/mol. The van der Waals surface area contributed by atoms with E-state index in [2.05, 4.69) is 4.74 Å². The predicted octanol–water partition coefficient (Wildman–Crippen LogP) is 2.90. The standard InChI is InChI=1S/C13H16F3NO2/c1-8-2-9(7-18-11-5-10(17)6-11)4-12(3-8)19-13(14,15)16/h2-4,10-11H,5-7,17H2,1H3. The molecule has 1 aromatic carbocycles. The van der Waals surface area contributed by atoms with Gasteiger partial charge in [-0.2, -0.15) is 0 Å². The van der Waals surface area contributed by atoms with Gasteiger partial charge in [0.2, 0.25) is 0 Å². The molecule has 0 aliphatic heterocycles. The molecule has 0 bridgehead atoms. The Labute approximate surface area is 109 Å². The summed E-state index contributed by atoms with van der Waals surface area (Å²) in [5.41, 5.74) is 7.00. The van der Waals surface area contributed by atoms with Crippen molar-refractivity contribution in [3.63, 3.8) is 0 Å². The average molecular weight is 275 g/mol. The van der Waals surface area contributed by atoms with E-state index >= 15 is 0 Å². The largest absolute Gasteiger partial charge is 0.573 e. The summed E-state index contributed by atoms with van der Waals surface area (Å²) in [6.07, 6.45) is -2.95. The number of aryl methyl sites for hydroxylation is 1. The van der Waals surface area contributed by atoms with E-state index in [1.165, 1.54) is 12.1 Å². The number of nitrogens with two attached hydrogens (primary N) is 1. The maximum atomic E-state index is 12.2. The summed E-state index contributed by atoms with van der Waals surface area (Å²) < 4.78 is 45.9. The fourth-order valence-corrected chi connectivity index (χ4v) is 2.06. The number of rotatable bonds is 4. The first-order valence-corrected chi connectivity index (χ1v) is 6.05. The summed E-state index contributed by atoms with van der Waals surface area (Å²) in [6, 6.07) is 4.66. The summed E-state index contributed by atoms with van der Waals surface area (Å²) >= 11 is 0. The Morgan fingerprint density at radius 2 is 1.95 bits per heavy atom. The van der Waals surface area contributed by atoms with Gasteiger partial charge in [-0.1, -0.05) is 6.07 Å². The highest BCUT2D eigenvalue weighted by atomic mass is 19.4. The molecular formula is C13H16F3NO2. The Bertz CT molecular complexity index is 442. The first-order chi connectivity index (χ1) is 8.82. The zero-order valence-electron chi connectivity index (χ0n) is 10.5. The van der Waals surface area contributed by atoms with Crippen molar-refractivity contribution in [2.24, 2.45) is 5.73 Å². The van der Waals surface area contributed by atoms with Gasteiger partial charge >= 0.3 is 6.36 Å². The number of benzene rings is 1. The molecule has 0 saturated heterocycles.